The Labute approximate surface area is 163 Å². The molecule has 1 heterocycles. The maximum atomic E-state index is 12.7. The second-order valence-corrected chi connectivity index (χ2v) is 8.71. The lowest BCUT2D eigenvalue weighted by atomic mass is 10.1. The summed E-state index contributed by atoms with van der Waals surface area (Å²) in [4.78, 5) is 25.0. The Kier molecular flexibility index (Phi) is 5.48. The molecule has 3 rings (SSSR count). The predicted octanol–water partition coefficient (Wildman–Crippen LogP) is 2.36. The minimum Gasteiger partial charge on any atom is -0.336 e. The number of benzene rings is 2. The van der Waals surface area contributed by atoms with Crippen molar-refractivity contribution in [3.8, 4) is 0 Å². The van der Waals surface area contributed by atoms with Crippen LogP contribution in [0.15, 0.2) is 47.4 Å². The van der Waals surface area contributed by atoms with Crippen molar-refractivity contribution in [3.05, 3.63) is 69.3 Å². The molecule has 2 aromatic rings. The topological polar surface area (TPSA) is 101 Å². The van der Waals surface area contributed by atoms with E-state index in [0.29, 0.717) is 5.56 Å². The molecule has 0 aliphatic carbocycles. The number of nitro benzene ring substituents is 1. The highest BCUT2D eigenvalue weighted by molar-refractivity contribution is 7.89. The molecule has 0 spiro atoms. The molecule has 1 saturated heterocycles. The molecule has 0 bridgehead atoms. The lowest BCUT2D eigenvalue weighted by molar-refractivity contribution is -0.385. The third kappa shape index (κ3) is 3.90. The summed E-state index contributed by atoms with van der Waals surface area (Å²) in [6, 6.07) is 11.0. The molecule has 1 aliphatic heterocycles. The first-order valence-electron chi connectivity index (χ1n) is 8.81. The summed E-state index contributed by atoms with van der Waals surface area (Å²) in [6.45, 7) is 4.31. The van der Waals surface area contributed by atoms with Gasteiger partial charge < -0.3 is 4.90 Å². The minimum atomic E-state index is -3.61. The van der Waals surface area contributed by atoms with Gasteiger partial charge in [0.2, 0.25) is 10.0 Å². The Bertz CT molecular complexity index is 1010. The van der Waals surface area contributed by atoms with E-state index in [4.69, 9.17) is 0 Å². The molecule has 1 amide bonds. The van der Waals surface area contributed by atoms with E-state index in [-0.39, 0.29) is 48.2 Å². The number of hydrogen-bond donors (Lipinski definition) is 0. The number of carbonyl (C=O) groups excluding carboxylic acids is 1. The van der Waals surface area contributed by atoms with Gasteiger partial charge in [0, 0.05) is 43.4 Å². The molecule has 2 aromatic carbocycles. The van der Waals surface area contributed by atoms with E-state index < -0.39 is 14.9 Å². The number of sulfonamides is 1. The quantitative estimate of drug-likeness (QED) is 0.576. The maximum Gasteiger partial charge on any atom is 0.273 e. The second kappa shape index (κ2) is 7.69. The summed E-state index contributed by atoms with van der Waals surface area (Å²) >= 11 is 0. The fourth-order valence-corrected chi connectivity index (χ4v) is 4.53. The van der Waals surface area contributed by atoms with Crippen LogP contribution in [0.1, 0.15) is 21.5 Å². The van der Waals surface area contributed by atoms with E-state index in [1.165, 1.54) is 15.3 Å². The van der Waals surface area contributed by atoms with E-state index in [0.717, 1.165) is 5.56 Å². The Hall–Kier alpha value is -2.78. The van der Waals surface area contributed by atoms with Gasteiger partial charge in [0.15, 0.2) is 0 Å². The van der Waals surface area contributed by atoms with Crippen molar-refractivity contribution in [2.24, 2.45) is 0 Å². The molecule has 9 heteroatoms. The summed E-state index contributed by atoms with van der Waals surface area (Å²) in [7, 11) is -3.61. The van der Waals surface area contributed by atoms with Crippen LogP contribution >= 0.6 is 0 Å². The lowest BCUT2D eigenvalue weighted by Crippen LogP contribution is -2.50. The van der Waals surface area contributed by atoms with Crippen LogP contribution in [0.25, 0.3) is 0 Å². The van der Waals surface area contributed by atoms with Crippen LogP contribution in [0.5, 0.6) is 0 Å². The van der Waals surface area contributed by atoms with Gasteiger partial charge in [-0.3, -0.25) is 14.9 Å². The van der Waals surface area contributed by atoms with Crippen molar-refractivity contribution in [1.82, 2.24) is 9.21 Å². The van der Waals surface area contributed by atoms with E-state index >= 15 is 0 Å². The first-order valence-corrected chi connectivity index (χ1v) is 10.3. The van der Waals surface area contributed by atoms with E-state index in [1.807, 2.05) is 6.92 Å². The molecule has 0 aromatic heterocycles. The fraction of sp³-hybridized carbons (Fsp3) is 0.316. The van der Waals surface area contributed by atoms with Crippen molar-refractivity contribution < 1.29 is 18.1 Å². The van der Waals surface area contributed by atoms with Gasteiger partial charge in [-0.1, -0.05) is 23.8 Å². The van der Waals surface area contributed by atoms with Crippen LogP contribution in [0, 0.1) is 24.0 Å². The third-order valence-corrected chi connectivity index (χ3v) is 6.75. The summed E-state index contributed by atoms with van der Waals surface area (Å²) in [5, 5.41) is 11.1. The molecule has 1 aliphatic rings. The van der Waals surface area contributed by atoms with Crippen molar-refractivity contribution in [2.45, 2.75) is 18.7 Å². The zero-order valence-corrected chi connectivity index (χ0v) is 16.5. The number of nitro groups is 1. The molecule has 0 saturated carbocycles. The lowest BCUT2D eigenvalue weighted by Gasteiger charge is -2.34. The van der Waals surface area contributed by atoms with Gasteiger partial charge in [-0.15, -0.1) is 0 Å². The monoisotopic (exact) mass is 403 g/mol. The number of carbonyl (C=O) groups is 1. The standard InChI is InChI=1S/C19H21N3O5S/c1-14-3-7-17(8-4-14)28(26,27)21-11-9-20(10-12-21)19(23)16-6-5-15(2)18(13-16)22(24)25/h3-8,13H,9-12H2,1-2H3. The van der Waals surface area contributed by atoms with Crippen molar-refractivity contribution in [3.63, 3.8) is 0 Å². The van der Waals surface area contributed by atoms with Crippen molar-refractivity contribution in [1.29, 1.82) is 0 Å². The Morgan fingerprint density at radius 1 is 1.00 bits per heavy atom. The zero-order chi connectivity index (χ0) is 20.5. The van der Waals surface area contributed by atoms with Gasteiger partial charge in [-0.05, 0) is 32.0 Å². The van der Waals surface area contributed by atoms with E-state index in [2.05, 4.69) is 0 Å². The predicted molar refractivity (Wildman–Crippen MR) is 104 cm³/mol. The van der Waals surface area contributed by atoms with E-state index in [1.54, 1.807) is 43.3 Å². The first kappa shape index (κ1) is 20.0. The van der Waals surface area contributed by atoms with Gasteiger partial charge in [-0.2, -0.15) is 4.31 Å². The average Bonchev–Trinajstić information content (AvgIpc) is 2.68. The number of amides is 1. The molecule has 0 N–H and O–H groups in total. The molecule has 0 unspecified atom stereocenters. The highest BCUT2D eigenvalue weighted by Crippen LogP contribution is 2.22. The van der Waals surface area contributed by atoms with Crippen LogP contribution in [0.2, 0.25) is 0 Å². The van der Waals surface area contributed by atoms with Gasteiger partial charge >= 0.3 is 0 Å². The highest BCUT2D eigenvalue weighted by atomic mass is 32.2. The average molecular weight is 403 g/mol. The number of piperazine rings is 1. The first-order chi connectivity index (χ1) is 13.2. The number of aryl methyl sites for hydroxylation is 2. The van der Waals surface area contributed by atoms with Gasteiger partial charge in [0.05, 0.1) is 9.82 Å². The molecule has 1 fully saturated rings. The smallest absolute Gasteiger partial charge is 0.273 e. The largest absolute Gasteiger partial charge is 0.336 e. The summed E-state index contributed by atoms with van der Waals surface area (Å²) in [6.07, 6.45) is 0. The Balaban J connectivity index is 1.71. The molecule has 28 heavy (non-hydrogen) atoms. The maximum absolute atomic E-state index is 12.7. The van der Waals surface area contributed by atoms with Crippen LogP contribution in [0.3, 0.4) is 0 Å². The minimum absolute atomic E-state index is 0.105. The van der Waals surface area contributed by atoms with Crippen molar-refractivity contribution >= 4 is 21.6 Å². The SMILES string of the molecule is Cc1ccc(S(=O)(=O)N2CCN(C(=O)c3ccc(C)c([N+](=O)[O-])c3)CC2)cc1. The molecule has 0 atom stereocenters. The van der Waals surface area contributed by atoms with Gasteiger partial charge in [0.1, 0.15) is 0 Å². The Morgan fingerprint density at radius 2 is 1.61 bits per heavy atom. The van der Waals surface area contributed by atoms with E-state index in [9.17, 15) is 23.3 Å². The van der Waals surface area contributed by atoms with Gasteiger partial charge in [-0.25, -0.2) is 8.42 Å². The molecular weight excluding hydrogens is 382 g/mol. The summed E-state index contributed by atoms with van der Waals surface area (Å²) < 4.78 is 26.9. The number of hydrogen-bond acceptors (Lipinski definition) is 5. The second-order valence-electron chi connectivity index (χ2n) is 6.77. The fourth-order valence-electron chi connectivity index (χ4n) is 3.11. The zero-order valence-electron chi connectivity index (χ0n) is 15.7. The highest BCUT2D eigenvalue weighted by Gasteiger charge is 2.30. The van der Waals surface area contributed by atoms with Gasteiger partial charge in [0.25, 0.3) is 11.6 Å². The van der Waals surface area contributed by atoms with Crippen LogP contribution in [-0.2, 0) is 10.0 Å². The Morgan fingerprint density at radius 3 is 2.18 bits per heavy atom. The van der Waals surface area contributed by atoms with Crippen molar-refractivity contribution in [2.75, 3.05) is 26.2 Å². The summed E-state index contributed by atoms with van der Waals surface area (Å²) in [5.41, 5.74) is 1.58. The van der Waals surface area contributed by atoms with Crippen LogP contribution in [-0.4, -0.2) is 54.6 Å². The third-order valence-electron chi connectivity index (χ3n) is 4.84. The number of nitrogens with zero attached hydrogens (tertiary/aromatic N) is 3. The molecule has 0 radical (unpaired) electrons. The molecule has 8 nitrogen and oxygen atoms in total. The summed E-state index contributed by atoms with van der Waals surface area (Å²) in [5.74, 6) is -0.338. The normalized spacial score (nSPS) is 15.4. The molecular formula is C19H21N3O5S. The molecule has 148 valence electrons. The number of rotatable bonds is 4. The van der Waals surface area contributed by atoms with Crippen LogP contribution in [0.4, 0.5) is 5.69 Å². The van der Waals surface area contributed by atoms with Crippen LogP contribution < -0.4 is 0 Å².